The van der Waals surface area contributed by atoms with Crippen molar-refractivity contribution >= 4 is 23.1 Å². The van der Waals surface area contributed by atoms with E-state index in [4.69, 9.17) is 0 Å². The number of anilines is 1. The van der Waals surface area contributed by atoms with Crippen LogP contribution in [-0.2, 0) is 0 Å². The molecule has 5 heteroatoms. The van der Waals surface area contributed by atoms with Gasteiger partial charge >= 0.3 is 6.03 Å². The molecule has 0 spiro atoms. The fraction of sp³-hybridized carbons (Fsp3) is 0.583. The van der Waals surface area contributed by atoms with Crippen LogP contribution in [0.15, 0.2) is 16.8 Å². The van der Waals surface area contributed by atoms with Crippen molar-refractivity contribution in [1.82, 2.24) is 4.90 Å². The number of carbonyl (C=O) groups is 1. The van der Waals surface area contributed by atoms with Gasteiger partial charge < -0.3 is 15.3 Å². The summed E-state index contributed by atoms with van der Waals surface area (Å²) >= 11 is 1.56. The number of nitrogens with zero attached hydrogens (tertiary/aromatic N) is 1. The van der Waals surface area contributed by atoms with Crippen LogP contribution < -0.4 is 5.32 Å². The van der Waals surface area contributed by atoms with Crippen molar-refractivity contribution in [1.29, 1.82) is 0 Å². The summed E-state index contributed by atoms with van der Waals surface area (Å²) in [7, 11) is 0. The Hall–Kier alpha value is -1.07. The number of likely N-dealkylation sites (tertiary alicyclic amines) is 1. The normalized spacial score (nSPS) is 22.2. The van der Waals surface area contributed by atoms with Crippen molar-refractivity contribution in [3.63, 3.8) is 0 Å². The van der Waals surface area contributed by atoms with Gasteiger partial charge in [0.05, 0.1) is 11.8 Å². The fourth-order valence-corrected chi connectivity index (χ4v) is 2.71. The van der Waals surface area contributed by atoms with Gasteiger partial charge in [-0.3, -0.25) is 0 Å². The van der Waals surface area contributed by atoms with Crippen molar-refractivity contribution in [2.75, 3.05) is 18.4 Å². The standard InChI is InChI=1S/C12H18N2O2S/c1-9(15)10-3-2-5-14(7-10)12(16)13-11-4-6-17-8-11/h4,6,8-10,15H,2-3,5,7H2,1H3,(H,13,16). The first kappa shape index (κ1) is 12.4. The van der Waals surface area contributed by atoms with Crippen molar-refractivity contribution < 1.29 is 9.90 Å². The van der Waals surface area contributed by atoms with Gasteiger partial charge in [-0.1, -0.05) is 0 Å². The smallest absolute Gasteiger partial charge is 0.321 e. The largest absolute Gasteiger partial charge is 0.393 e. The molecule has 2 unspecified atom stereocenters. The summed E-state index contributed by atoms with van der Waals surface area (Å²) in [6, 6.07) is 1.83. The number of nitrogens with one attached hydrogen (secondary N) is 1. The molecule has 2 rings (SSSR count). The Labute approximate surface area is 105 Å². The van der Waals surface area contributed by atoms with Gasteiger partial charge in [-0.25, -0.2) is 4.79 Å². The third-order valence-corrected chi connectivity index (χ3v) is 3.88. The minimum Gasteiger partial charge on any atom is -0.393 e. The highest BCUT2D eigenvalue weighted by Crippen LogP contribution is 2.21. The molecule has 1 aromatic heterocycles. The lowest BCUT2D eigenvalue weighted by Gasteiger charge is -2.34. The maximum Gasteiger partial charge on any atom is 0.321 e. The summed E-state index contributed by atoms with van der Waals surface area (Å²) in [5, 5.41) is 16.3. The number of hydrogen-bond donors (Lipinski definition) is 2. The highest BCUT2D eigenvalue weighted by molar-refractivity contribution is 7.08. The number of urea groups is 1. The van der Waals surface area contributed by atoms with E-state index < -0.39 is 0 Å². The molecule has 0 aliphatic carbocycles. The van der Waals surface area contributed by atoms with E-state index in [2.05, 4.69) is 5.32 Å². The third kappa shape index (κ3) is 3.20. The van der Waals surface area contributed by atoms with Gasteiger partial charge in [-0.15, -0.1) is 0 Å². The summed E-state index contributed by atoms with van der Waals surface area (Å²) in [6.07, 6.45) is 1.62. The number of hydrogen-bond acceptors (Lipinski definition) is 3. The summed E-state index contributed by atoms with van der Waals surface area (Å²) in [6.45, 7) is 3.22. The van der Waals surface area contributed by atoms with E-state index in [1.54, 1.807) is 23.2 Å². The molecular weight excluding hydrogens is 236 g/mol. The molecular formula is C12H18N2O2S. The van der Waals surface area contributed by atoms with Gasteiger partial charge in [0.25, 0.3) is 0 Å². The summed E-state index contributed by atoms with van der Waals surface area (Å²) in [5.41, 5.74) is 0.846. The lowest BCUT2D eigenvalue weighted by atomic mass is 9.94. The Morgan fingerprint density at radius 2 is 2.53 bits per heavy atom. The first-order valence-electron chi connectivity index (χ1n) is 5.93. The summed E-state index contributed by atoms with van der Waals surface area (Å²) in [4.78, 5) is 13.8. The maximum absolute atomic E-state index is 12.0. The zero-order valence-corrected chi connectivity index (χ0v) is 10.7. The van der Waals surface area contributed by atoms with Crippen LogP contribution in [0.2, 0.25) is 0 Å². The highest BCUT2D eigenvalue weighted by Gasteiger charge is 2.26. The molecule has 2 amide bonds. The second-order valence-corrected chi connectivity index (χ2v) is 5.31. The van der Waals surface area contributed by atoms with Crippen LogP contribution in [0.3, 0.4) is 0 Å². The van der Waals surface area contributed by atoms with Crippen LogP contribution in [0.5, 0.6) is 0 Å². The minimum atomic E-state index is -0.341. The Balaban J connectivity index is 1.91. The molecule has 4 nitrogen and oxygen atoms in total. The van der Waals surface area contributed by atoms with Crippen LogP contribution in [0.1, 0.15) is 19.8 Å². The lowest BCUT2D eigenvalue weighted by Crippen LogP contribution is -2.44. The first-order chi connectivity index (χ1) is 8.16. The molecule has 2 N–H and O–H groups in total. The number of carbonyl (C=O) groups excluding carboxylic acids is 1. The zero-order valence-electron chi connectivity index (χ0n) is 9.93. The molecule has 2 atom stereocenters. The lowest BCUT2D eigenvalue weighted by molar-refractivity contribution is 0.0766. The Kier molecular flexibility index (Phi) is 4.02. The van der Waals surface area contributed by atoms with Gasteiger partial charge in [0.1, 0.15) is 0 Å². The van der Waals surface area contributed by atoms with Gasteiger partial charge in [-0.05, 0) is 31.2 Å². The predicted octanol–water partition coefficient (Wildman–Crippen LogP) is 2.37. The van der Waals surface area contributed by atoms with Crippen LogP contribution in [0.4, 0.5) is 10.5 Å². The Bertz CT molecular complexity index is 365. The number of piperidine rings is 1. The van der Waals surface area contributed by atoms with Crippen LogP contribution >= 0.6 is 11.3 Å². The molecule has 0 radical (unpaired) electrons. The van der Waals surface area contributed by atoms with Crippen molar-refractivity contribution in [3.8, 4) is 0 Å². The van der Waals surface area contributed by atoms with Gasteiger partial charge in [-0.2, -0.15) is 11.3 Å². The second-order valence-electron chi connectivity index (χ2n) is 4.53. The molecule has 94 valence electrons. The summed E-state index contributed by atoms with van der Waals surface area (Å²) < 4.78 is 0. The molecule has 2 heterocycles. The minimum absolute atomic E-state index is 0.0613. The number of aliphatic hydroxyl groups is 1. The summed E-state index contributed by atoms with van der Waals surface area (Å²) in [5.74, 6) is 0.206. The van der Waals surface area contributed by atoms with E-state index in [1.165, 1.54) is 0 Å². The van der Waals surface area contributed by atoms with E-state index in [-0.39, 0.29) is 18.1 Å². The molecule has 1 aliphatic heterocycles. The Morgan fingerprint density at radius 1 is 1.71 bits per heavy atom. The molecule has 0 saturated carbocycles. The number of amides is 2. The molecule has 17 heavy (non-hydrogen) atoms. The highest BCUT2D eigenvalue weighted by atomic mass is 32.1. The molecule has 0 bridgehead atoms. The first-order valence-corrected chi connectivity index (χ1v) is 6.87. The molecule has 0 aromatic carbocycles. The molecule has 1 aromatic rings. The fourth-order valence-electron chi connectivity index (χ4n) is 2.13. The number of rotatable bonds is 2. The van der Waals surface area contributed by atoms with Crippen LogP contribution in [-0.4, -0.2) is 35.2 Å². The van der Waals surface area contributed by atoms with Crippen LogP contribution in [0.25, 0.3) is 0 Å². The average molecular weight is 254 g/mol. The van der Waals surface area contributed by atoms with Gasteiger partial charge in [0, 0.05) is 24.4 Å². The van der Waals surface area contributed by atoms with Crippen LogP contribution in [0, 0.1) is 5.92 Å². The van der Waals surface area contributed by atoms with Crippen molar-refractivity contribution in [3.05, 3.63) is 16.8 Å². The zero-order chi connectivity index (χ0) is 12.3. The molecule has 1 fully saturated rings. The molecule has 1 saturated heterocycles. The van der Waals surface area contributed by atoms with Gasteiger partial charge in [0.15, 0.2) is 0 Å². The average Bonchev–Trinajstić information content (AvgIpc) is 2.82. The van der Waals surface area contributed by atoms with E-state index in [1.807, 2.05) is 16.8 Å². The van der Waals surface area contributed by atoms with Gasteiger partial charge in [0.2, 0.25) is 0 Å². The predicted molar refractivity (Wildman–Crippen MR) is 69.3 cm³/mol. The Morgan fingerprint density at radius 3 is 3.18 bits per heavy atom. The van der Waals surface area contributed by atoms with Crippen molar-refractivity contribution in [2.24, 2.45) is 5.92 Å². The topological polar surface area (TPSA) is 52.6 Å². The maximum atomic E-state index is 12.0. The van der Waals surface area contributed by atoms with E-state index in [9.17, 15) is 9.90 Å². The third-order valence-electron chi connectivity index (χ3n) is 3.20. The van der Waals surface area contributed by atoms with E-state index in [0.29, 0.717) is 6.54 Å². The van der Waals surface area contributed by atoms with E-state index >= 15 is 0 Å². The number of thiophene rings is 1. The SMILES string of the molecule is CC(O)C1CCCN(C(=O)Nc2ccsc2)C1. The number of aliphatic hydroxyl groups excluding tert-OH is 1. The molecule has 1 aliphatic rings. The monoisotopic (exact) mass is 254 g/mol. The van der Waals surface area contributed by atoms with Crippen molar-refractivity contribution in [2.45, 2.75) is 25.9 Å². The van der Waals surface area contributed by atoms with E-state index in [0.717, 1.165) is 25.1 Å². The second kappa shape index (κ2) is 5.51. The quantitative estimate of drug-likeness (QED) is 0.851.